The molecule has 0 amide bonds. The highest BCUT2D eigenvalue weighted by Gasteiger charge is 2.27. The molecule has 21 heavy (non-hydrogen) atoms. The molecular formula is C17H17N3O. The van der Waals surface area contributed by atoms with Gasteiger partial charge in [0.15, 0.2) is 0 Å². The minimum Gasteiger partial charge on any atom is -0.309 e. The standard InChI is InChI=1S/C17H17N3O/c1-11-8-12-4-3-5-15(13-9-18-19(2)10-13)16(12)17(21)20(11)14-6-7-14/h3-5,8-10,14H,6-7H2,1-2H3. The molecular weight excluding hydrogens is 262 g/mol. The van der Waals surface area contributed by atoms with E-state index in [-0.39, 0.29) is 5.56 Å². The topological polar surface area (TPSA) is 39.8 Å². The van der Waals surface area contributed by atoms with E-state index < -0.39 is 0 Å². The number of pyridine rings is 1. The van der Waals surface area contributed by atoms with Crippen LogP contribution < -0.4 is 5.56 Å². The molecule has 4 rings (SSSR count). The zero-order valence-electron chi connectivity index (χ0n) is 12.2. The van der Waals surface area contributed by atoms with Crippen LogP contribution in [0.2, 0.25) is 0 Å². The normalized spacial score (nSPS) is 14.8. The SMILES string of the molecule is Cc1cc2cccc(-c3cnn(C)c3)c2c(=O)n1C1CC1. The number of hydrogen-bond acceptors (Lipinski definition) is 2. The van der Waals surface area contributed by atoms with Crippen LogP contribution in [0, 0.1) is 6.92 Å². The lowest BCUT2D eigenvalue weighted by atomic mass is 10.0. The molecule has 2 heterocycles. The summed E-state index contributed by atoms with van der Waals surface area (Å²) < 4.78 is 3.73. The van der Waals surface area contributed by atoms with Crippen LogP contribution in [0.1, 0.15) is 24.6 Å². The number of nitrogens with zero attached hydrogens (tertiary/aromatic N) is 3. The Balaban J connectivity index is 2.08. The predicted octanol–water partition coefficient (Wildman–Crippen LogP) is 3.05. The lowest BCUT2D eigenvalue weighted by Crippen LogP contribution is -2.21. The van der Waals surface area contributed by atoms with Gasteiger partial charge in [-0.3, -0.25) is 9.48 Å². The molecule has 0 spiro atoms. The van der Waals surface area contributed by atoms with Gasteiger partial charge in [0.2, 0.25) is 0 Å². The molecule has 0 aliphatic heterocycles. The van der Waals surface area contributed by atoms with Crippen molar-refractivity contribution < 1.29 is 0 Å². The predicted molar refractivity (Wildman–Crippen MR) is 83.4 cm³/mol. The Hall–Kier alpha value is -2.36. The first-order valence-corrected chi connectivity index (χ1v) is 7.29. The van der Waals surface area contributed by atoms with E-state index in [0.29, 0.717) is 6.04 Å². The molecule has 0 atom stereocenters. The summed E-state index contributed by atoms with van der Waals surface area (Å²) in [6.07, 6.45) is 5.99. The van der Waals surface area contributed by atoms with Crippen LogP contribution in [0.5, 0.6) is 0 Å². The second kappa shape index (κ2) is 4.32. The third-order valence-corrected chi connectivity index (χ3v) is 4.20. The molecule has 1 aliphatic carbocycles. The van der Waals surface area contributed by atoms with E-state index >= 15 is 0 Å². The maximum absolute atomic E-state index is 13.0. The molecule has 0 radical (unpaired) electrons. The fourth-order valence-corrected chi connectivity index (χ4v) is 3.09. The molecule has 106 valence electrons. The van der Waals surface area contributed by atoms with Gasteiger partial charge in [-0.2, -0.15) is 5.10 Å². The molecule has 1 aromatic carbocycles. The molecule has 0 N–H and O–H groups in total. The highest BCUT2D eigenvalue weighted by atomic mass is 16.1. The molecule has 4 heteroatoms. The summed E-state index contributed by atoms with van der Waals surface area (Å²) in [4.78, 5) is 13.0. The summed E-state index contributed by atoms with van der Waals surface area (Å²) in [5.74, 6) is 0. The highest BCUT2D eigenvalue weighted by molar-refractivity contribution is 5.96. The average molecular weight is 279 g/mol. The van der Waals surface area contributed by atoms with Gasteiger partial charge in [-0.25, -0.2) is 0 Å². The van der Waals surface area contributed by atoms with Gasteiger partial charge in [0.25, 0.3) is 5.56 Å². The van der Waals surface area contributed by atoms with E-state index in [1.807, 2.05) is 49.1 Å². The minimum absolute atomic E-state index is 0.131. The number of fused-ring (bicyclic) bond motifs is 1. The van der Waals surface area contributed by atoms with Crippen molar-refractivity contribution in [3.8, 4) is 11.1 Å². The van der Waals surface area contributed by atoms with E-state index in [2.05, 4.69) is 11.2 Å². The molecule has 1 saturated carbocycles. The van der Waals surface area contributed by atoms with Crippen LogP contribution in [0.15, 0.2) is 41.5 Å². The van der Waals surface area contributed by atoms with Crippen LogP contribution in [0.3, 0.4) is 0 Å². The third-order valence-electron chi connectivity index (χ3n) is 4.20. The van der Waals surface area contributed by atoms with Gasteiger partial charge < -0.3 is 4.57 Å². The minimum atomic E-state index is 0.131. The van der Waals surface area contributed by atoms with Crippen LogP contribution in [-0.2, 0) is 7.05 Å². The smallest absolute Gasteiger partial charge is 0.259 e. The van der Waals surface area contributed by atoms with Crippen LogP contribution in [0.4, 0.5) is 0 Å². The van der Waals surface area contributed by atoms with Crippen molar-refractivity contribution in [2.75, 3.05) is 0 Å². The van der Waals surface area contributed by atoms with E-state index in [9.17, 15) is 4.79 Å². The van der Waals surface area contributed by atoms with Crippen molar-refractivity contribution in [2.24, 2.45) is 7.05 Å². The van der Waals surface area contributed by atoms with Crippen LogP contribution in [-0.4, -0.2) is 14.3 Å². The summed E-state index contributed by atoms with van der Waals surface area (Å²) in [6, 6.07) is 8.54. The van der Waals surface area contributed by atoms with E-state index in [4.69, 9.17) is 0 Å². The number of rotatable bonds is 2. The molecule has 4 nitrogen and oxygen atoms in total. The molecule has 0 bridgehead atoms. The van der Waals surface area contributed by atoms with Gasteiger partial charge in [0.05, 0.1) is 11.6 Å². The van der Waals surface area contributed by atoms with Crippen molar-refractivity contribution in [2.45, 2.75) is 25.8 Å². The molecule has 3 aromatic rings. The number of aryl methyl sites for hydroxylation is 2. The second-order valence-electron chi connectivity index (χ2n) is 5.86. The number of benzene rings is 1. The lowest BCUT2D eigenvalue weighted by molar-refractivity contribution is 0.689. The van der Waals surface area contributed by atoms with Crippen molar-refractivity contribution >= 4 is 10.8 Å². The van der Waals surface area contributed by atoms with Crippen LogP contribution in [0.25, 0.3) is 21.9 Å². The van der Waals surface area contributed by atoms with E-state index in [1.165, 1.54) is 0 Å². The summed E-state index contributed by atoms with van der Waals surface area (Å²) in [6.45, 7) is 2.02. The molecule has 2 aromatic heterocycles. The second-order valence-corrected chi connectivity index (χ2v) is 5.86. The Labute approximate surface area is 122 Å². The molecule has 0 saturated heterocycles. The Morgan fingerprint density at radius 2 is 2.10 bits per heavy atom. The number of aromatic nitrogens is 3. The van der Waals surface area contributed by atoms with E-state index in [0.717, 1.165) is 40.4 Å². The Morgan fingerprint density at radius 1 is 1.29 bits per heavy atom. The fourth-order valence-electron chi connectivity index (χ4n) is 3.09. The summed E-state index contributed by atoms with van der Waals surface area (Å²) in [7, 11) is 1.89. The van der Waals surface area contributed by atoms with Crippen LogP contribution >= 0.6 is 0 Å². The maximum Gasteiger partial charge on any atom is 0.259 e. The first-order chi connectivity index (χ1) is 10.1. The average Bonchev–Trinajstić information content (AvgIpc) is 3.19. The summed E-state index contributed by atoms with van der Waals surface area (Å²) in [5.41, 5.74) is 3.15. The first-order valence-electron chi connectivity index (χ1n) is 7.29. The summed E-state index contributed by atoms with van der Waals surface area (Å²) >= 11 is 0. The van der Waals surface area contributed by atoms with Gasteiger partial charge >= 0.3 is 0 Å². The summed E-state index contributed by atoms with van der Waals surface area (Å²) in [5, 5.41) is 6.04. The first kappa shape index (κ1) is 12.4. The van der Waals surface area contributed by atoms with E-state index in [1.54, 1.807) is 4.68 Å². The lowest BCUT2D eigenvalue weighted by Gasteiger charge is -2.12. The van der Waals surface area contributed by atoms with Crippen molar-refractivity contribution in [3.63, 3.8) is 0 Å². The Bertz CT molecular complexity index is 900. The van der Waals surface area contributed by atoms with Crippen molar-refractivity contribution in [1.29, 1.82) is 0 Å². The third kappa shape index (κ3) is 1.90. The van der Waals surface area contributed by atoms with Crippen molar-refractivity contribution in [3.05, 3.63) is 52.7 Å². The van der Waals surface area contributed by atoms with Crippen molar-refractivity contribution in [1.82, 2.24) is 14.3 Å². The fraction of sp³-hybridized carbons (Fsp3) is 0.294. The van der Waals surface area contributed by atoms with Gasteiger partial charge in [-0.05, 0) is 36.8 Å². The Kier molecular flexibility index (Phi) is 2.55. The molecule has 0 unspecified atom stereocenters. The highest BCUT2D eigenvalue weighted by Crippen LogP contribution is 2.36. The maximum atomic E-state index is 13.0. The number of hydrogen-bond donors (Lipinski definition) is 0. The zero-order valence-corrected chi connectivity index (χ0v) is 12.2. The monoisotopic (exact) mass is 279 g/mol. The zero-order chi connectivity index (χ0) is 14.6. The van der Waals surface area contributed by atoms with Gasteiger partial charge in [0, 0.05) is 30.5 Å². The largest absolute Gasteiger partial charge is 0.309 e. The quantitative estimate of drug-likeness (QED) is 0.723. The molecule has 1 aliphatic rings. The Morgan fingerprint density at radius 3 is 2.76 bits per heavy atom. The van der Waals surface area contributed by atoms with Gasteiger partial charge in [-0.15, -0.1) is 0 Å². The van der Waals surface area contributed by atoms with Gasteiger partial charge in [0.1, 0.15) is 0 Å². The molecule has 1 fully saturated rings. The van der Waals surface area contributed by atoms with Gasteiger partial charge in [-0.1, -0.05) is 18.2 Å².